The minimum atomic E-state index is 0.510. The molecule has 1 N–H and O–H groups in total. The van der Waals surface area contributed by atoms with Gasteiger partial charge in [0.1, 0.15) is 5.82 Å². The standard InChI is InChI=1S/C13H25N5/c1-6-18(11(2)9-17(4)5)10-12-7-16-13(14-3)8-15-12/h7-8,11H,6,9-10H2,1-5H3,(H,14,16). The molecule has 0 fully saturated rings. The fourth-order valence-corrected chi connectivity index (χ4v) is 2.00. The van der Waals surface area contributed by atoms with E-state index >= 15 is 0 Å². The molecule has 1 aromatic rings. The van der Waals surface area contributed by atoms with Gasteiger partial charge in [0.2, 0.25) is 0 Å². The molecule has 0 spiro atoms. The summed E-state index contributed by atoms with van der Waals surface area (Å²) < 4.78 is 0. The van der Waals surface area contributed by atoms with Gasteiger partial charge in [0.25, 0.3) is 0 Å². The summed E-state index contributed by atoms with van der Waals surface area (Å²) in [6.07, 6.45) is 3.62. The van der Waals surface area contributed by atoms with Gasteiger partial charge in [0, 0.05) is 26.2 Å². The molecule has 1 heterocycles. The van der Waals surface area contributed by atoms with Crippen LogP contribution < -0.4 is 5.32 Å². The van der Waals surface area contributed by atoms with Gasteiger partial charge in [0.15, 0.2) is 0 Å². The lowest BCUT2D eigenvalue weighted by Crippen LogP contribution is -2.39. The Kier molecular flexibility index (Phi) is 6.01. The van der Waals surface area contributed by atoms with E-state index < -0.39 is 0 Å². The maximum atomic E-state index is 4.42. The van der Waals surface area contributed by atoms with Gasteiger partial charge in [-0.1, -0.05) is 6.92 Å². The fourth-order valence-electron chi connectivity index (χ4n) is 2.00. The maximum absolute atomic E-state index is 4.42. The first-order chi connectivity index (χ1) is 8.56. The van der Waals surface area contributed by atoms with Crippen molar-refractivity contribution in [2.24, 2.45) is 0 Å². The van der Waals surface area contributed by atoms with Crippen LogP contribution in [0.15, 0.2) is 12.4 Å². The molecular formula is C13H25N5. The molecule has 0 radical (unpaired) electrons. The van der Waals surface area contributed by atoms with E-state index in [1.165, 1.54) is 0 Å². The van der Waals surface area contributed by atoms with Crippen molar-refractivity contribution in [2.75, 3.05) is 39.5 Å². The quantitative estimate of drug-likeness (QED) is 0.791. The Bertz CT molecular complexity index is 336. The highest BCUT2D eigenvalue weighted by molar-refractivity contribution is 5.29. The van der Waals surface area contributed by atoms with Gasteiger partial charge < -0.3 is 10.2 Å². The first-order valence-electron chi connectivity index (χ1n) is 6.44. The molecule has 1 rings (SSSR count). The van der Waals surface area contributed by atoms with Gasteiger partial charge in [-0.05, 0) is 27.6 Å². The molecule has 0 saturated heterocycles. The van der Waals surface area contributed by atoms with Crippen LogP contribution in [0.1, 0.15) is 19.5 Å². The lowest BCUT2D eigenvalue weighted by Gasteiger charge is -2.29. The molecule has 18 heavy (non-hydrogen) atoms. The zero-order valence-electron chi connectivity index (χ0n) is 12.1. The summed E-state index contributed by atoms with van der Waals surface area (Å²) in [5.74, 6) is 0.808. The van der Waals surface area contributed by atoms with Crippen LogP contribution in [0, 0.1) is 0 Å². The SMILES string of the molecule is CCN(Cc1cnc(NC)cn1)C(C)CN(C)C. The van der Waals surface area contributed by atoms with Crippen molar-refractivity contribution >= 4 is 5.82 Å². The van der Waals surface area contributed by atoms with Gasteiger partial charge in [-0.3, -0.25) is 9.88 Å². The summed E-state index contributed by atoms with van der Waals surface area (Å²) in [5.41, 5.74) is 1.02. The minimum absolute atomic E-state index is 0.510. The summed E-state index contributed by atoms with van der Waals surface area (Å²) >= 11 is 0. The molecule has 102 valence electrons. The van der Waals surface area contributed by atoms with Crippen molar-refractivity contribution in [1.82, 2.24) is 19.8 Å². The van der Waals surface area contributed by atoms with E-state index in [-0.39, 0.29) is 0 Å². The molecule has 0 saturated carbocycles. The average Bonchev–Trinajstić information content (AvgIpc) is 2.35. The van der Waals surface area contributed by atoms with E-state index in [1.807, 2.05) is 13.2 Å². The molecule has 1 aromatic heterocycles. The molecule has 0 aliphatic rings. The van der Waals surface area contributed by atoms with Crippen LogP contribution in [0.4, 0.5) is 5.82 Å². The summed E-state index contributed by atoms with van der Waals surface area (Å²) in [4.78, 5) is 13.3. The predicted octanol–water partition coefficient (Wildman–Crippen LogP) is 1.29. The topological polar surface area (TPSA) is 44.3 Å². The molecule has 5 heteroatoms. The number of rotatable bonds is 7. The van der Waals surface area contributed by atoms with E-state index in [9.17, 15) is 0 Å². The normalized spacial score (nSPS) is 13.1. The molecule has 0 bridgehead atoms. The van der Waals surface area contributed by atoms with Crippen LogP contribution in [0.2, 0.25) is 0 Å². The summed E-state index contributed by atoms with van der Waals surface area (Å²) in [7, 11) is 6.05. The van der Waals surface area contributed by atoms with Crippen molar-refractivity contribution in [3.8, 4) is 0 Å². The molecule has 5 nitrogen and oxygen atoms in total. The maximum Gasteiger partial charge on any atom is 0.144 e. The zero-order valence-corrected chi connectivity index (χ0v) is 12.1. The first-order valence-corrected chi connectivity index (χ1v) is 6.44. The van der Waals surface area contributed by atoms with Crippen LogP contribution >= 0.6 is 0 Å². The van der Waals surface area contributed by atoms with Crippen LogP contribution in [-0.2, 0) is 6.54 Å². The Balaban J connectivity index is 2.61. The van der Waals surface area contributed by atoms with Crippen LogP contribution in [0.5, 0.6) is 0 Å². The molecule has 0 aromatic carbocycles. The predicted molar refractivity (Wildman–Crippen MR) is 75.7 cm³/mol. The van der Waals surface area contributed by atoms with Gasteiger partial charge >= 0.3 is 0 Å². The number of anilines is 1. The van der Waals surface area contributed by atoms with Gasteiger partial charge in [0.05, 0.1) is 18.1 Å². The smallest absolute Gasteiger partial charge is 0.144 e. The van der Waals surface area contributed by atoms with Crippen molar-refractivity contribution in [3.63, 3.8) is 0 Å². The van der Waals surface area contributed by atoms with Crippen molar-refractivity contribution in [3.05, 3.63) is 18.1 Å². The second-order valence-electron chi connectivity index (χ2n) is 4.82. The van der Waals surface area contributed by atoms with Crippen LogP contribution in [0.3, 0.4) is 0 Å². The molecular weight excluding hydrogens is 226 g/mol. The van der Waals surface area contributed by atoms with Crippen molar-refractivity contribution < 1.29 is 0 Å². The van der Waals surface area contributed by atoms with Crippen LogP contribution in [-0.4, -0.2) is 60.0 Å². The lowest BCUT2D eigenvalue weighted by molar-refractivity contribution is 0.172. The van der Waals surface area contributed by atoms with E-state index in [0.29, 0.717) is 6.04 Å². The van der Waals surface area contributed by atoms with Crippen molar-refractivity contribution in [2.45, 2.75) is 26.4 Å². The number of hydrogen-bond donors (Lipinski definition) is 1. The number of aromatic nitrogens is 2. The van der Waals surface area contributed by atoms with E-state index in [1.54, 1.807) is 6.20 Å². The van der Waals surface area contributed by atoms with Crippen molar-refractivity contribution in [1.29, 1.82) is 0 Å². The largest absolute Gasteiger partial charge is 0.372 e. The third kappa shape index (κ3) is 4.58. The molecule has 0 aliphatic heterocycles. The van der Waals surface area contributed by atoms with Gasteiger partial charge in [-0.2, -0.15) is 0 Å². The minimum Gasteiger partial charge on any atom is -0.372 e. The Morgan fingerprint density at radius 2 is 2.00 bits per heavy atom. The highest BCUT2D eigenvalue weighted by atomic mass is 15.2. The number of hydrogen-bond acceptors (Lipinski definition) is 5. The lowest BCUT2D eigenvalue weighted by atomic mass is 10.2. The Labute approximate surface area is 110 Å². The number of likely N-dealkylation sites (N-methyl/N-ethyl adjacent to an activating group) is 2. The van der Waals surface area contributed by atoms with E-state index in [4.69, 9.17) is 0 Å². The third-order valence-corrected chi connectivity index (χ3v) is 2.99. The third-order valence-electron chi connectivity index (χ3n) is 2.99. The average molecular weight is 251 g/mol. The highest BCUT2D eigenvalue weighted by Crippen LogP contribution is 2.07. The Morgan fingerprint density at radius 3 is 2.44 bits per heavy atom. The van der Waals surface area contributed by atoms with E-state index in [0.717, 1.165) is 31.1 Å². The summed E-state index contributed by atoms with van der Waals surface area (Å²) in [5, 5.41) is 2.98. The van der Waals surface area contributed by atoms with Crippen LogP contribution in [0.25, 0.3) is 0 Å². The number of nitrogens with one attached hydrogen (secondary N) is 1. The second-order valence-corrected chi connectivity index (χ2v) is 4.82. The Hall–Kier alpha value is -1.20. The fraction of sp³-hybridized carbons (Fsp3) is 0.692. The summed E-state index contributed by atoms with van der Waals surface area (Å²) in [6, 6.07) is 0.510. The van der Waals surface area contributed by atoms with Gasteiger partial charge in [-0.25, -0.2) is 4.98 Å². The van der Waals surface area contributed by atoms with E-state index in [2.05, 4.69) is 53.0 Å². The monoisotopic (exact) mass is 251 g/mol. The number of nitrogens with zero attached hydrogens (tertiary/aromatic N) is 4. The molecule has 1 atom stereocenters. The second kappa shape index (κ2) is 7.28. The molecule has 0 amide bonds. The highest BCUT2D eigenvalue weighted by Gasteiger charge is 2.13. The first kappa shape index (κ1) is 14.9. The molecule has 0 aliphatic carbocycles. The molecule has 1 unspecified atom stereocenters. The Morgan fingerprint density at radius 1 is 1.28 bits per heavy atom. The van der Waals surface area contributed by atoms with Gasteiger partial charge in [-0.15, -0.1) is 0 Å². The zero-order chi connectivity index (χ0) is 13.5. The summed E-state index contributed by atoms with van der Waals surface area (Å²) in [6.45, 7) is 7.35.